The quantitative estimate of drug-likeness (QED) is 0.758. The van der Waals surface area contributed by atoms with Crippen molar-refractivity contribution in [1.82, 2.24) is 9.80 Å². The van der Waals surface area contributed by atoms with Gasteiger partial charge in [-0.25, -0.2) is 0 Å². The van der Waals surface area contributed by atoms with Gasteiger partial charge in [0, 0.05) is 18.0 Å². The molecule has 5 heteroatoms. The van der Waals surface area contributed by atoms with E-state index < -0.39 is 0 Å². The molecule has 0 saturated heterocycles. The van der Waals surface area contributed by atoms with Gasteiger partial charge in [0.25, 0.3) is 0 Å². The van der Waals surface area contributed by atoms with Crippen LogP contribution in [0.4, 0.5) is 0 Å². The van der Waals surface area contributed by atoms with E-state index in [4.69, 9.17) is 4.74 Å². The van der Waals surface area contributed by atoms with Gasteiger partial charge in [0.15, 0.2) is 0 Å². The first kappa shape index (κ1) is 18.0. The van der Waals surface area contributed by atoms with Crippen LogP contribution in [0.5, 0.6) is 5.75 Å². The maximum absolute atomic E-state index is 12.8. The number of rotatable bonds is 7. The van der Waals surface area contributed by atoms with Crippen LogP contribution in [0.3, 0.4) is 0 Å². The first-order valence-electron chi connectivity index (χ1n) is 8.91. The van der Waals surface area contributed by atoms with Crippen LogP contribution in [-0.4, -0.2) is 49.0 Å². The molecule has 0 aliphatic carbocycles. The van der Waals surface area contributed by atoms with Crippen molar-refractivity contribution in [3.63, 3.8) is 0 Å². The number of ether oxygens (including phenoxy) is 1. The lowest BCUT2D eigenvalue weighted by Gasteiger charge is -2.36. The largest absolute Gasteiger partial charge is 0.492 e. The molecule has 0 bridgehead atoms. The average molecular weight is 359 g/mol. The average Bonchev–Trinajstić information content (AvgIpc) is 3.10. The number of carbonyl (C=O) groups excluding carboxylic acids is 1. The standard InChI is InChI=1S/C20H26N2O2S/c1-3-18-17-10-14-25-19(17)9-11-22(18)20(23)15-21(2)12-13-24-16-7-5-4-6-8-16/h4-8,10,14,18H,3,9,11-13,15H2,1-2H3. The Hall–Kier alpha value is -1.85. The first-order valence-corrected chi connectivity index (χ1v) is 9.79. The summed E-state index contributed by atoms with van der Waals surface area (Å²) >= 11 is 1.82. The molecule has 1 unspecified atom stereocenters. The van der Waals surface area contributed by atoms with Gasteiger partial charge in [-0.15, -0.1) is 11.3 Å². The Bertz CT molecular complexity index is 686. The summed E-state index contributed by atoms with van der Waals surface area (Å²) in [6, 6.07) is 12.2. The minimum atomic E-state index is 0.214. The number of amides is 1. The summed E-state index contributed by atoms with van der Waals surface area (Å²) in [5.41, 5.74) is 1.35. The fourth-order valence-corrected chi connectivity index (χ4v) is 4.30. The van der Waals surface area contributed by atoms with Crippen LogP contribution in [-0.2, 0) is 11.2 Å². The summed E-state index contributed by atoms with van der Waals surface area (Å²) in [5.74, 6) is 1.08. The summed E-state index contributed by atoms with van der Waals surface area (Å²) in [4.78, 5) is 18.3. The van der Waals surface area contributed by atoms with Crippen LogP contribution in [0.25, 0.3) is 0 Å². The molecule has 134 valence electrons. The molecular weight excluding hydrogens is 332 g/mol. The molecule has 2 aromatic rings. The van der Waals surface area contributed by atoms with E-state index in [2.05, 4.69) is 23.3 Å². The molecule has 1 aliphatic rings. The van der Waals surface area contributed by atoms with Crippen LogP contribution < -0.4 is 4.74 Å². The van der Waals surface area contributed by atoms with E-state index in [0.717, 1.165) is 31.7 Å². The number of para-hydroxylation sites is 1. The van der Waals surface area contributed by atoms with Gasteiger partial charge in [-0.05, 0) is 49.0 Å². The fourth-order valence-electron chi connectivity index (χ4n) is 3.37. The Labute approximate surface area is 154 Å². The third kappa shape index (κ3) is 4.41. The molecule has 1 atom stereocenters. The Balaban J connectivity index is 1.49. The smallest absolute Gasteiger partial charge is 0.237 e. The molecule has 0 N–H and O–H groups in total. The Morgan fingerprint density at radius 1 is 1.32 bits per heavy atom. The number of fused-ring (bicyclic) bond motifs is 1. The van der Waals surface area contributed by atoms with Gasteiger partial charge in [-0.3, -0.25) is 9.69 Å². The normalized spacial score (nSPS) is 16.8. The van der Waals surface area contributed by atoms with Crippen molar-refractivity contribution in [2.45, 2.75) is 25.8 Å². The number of thiophene rings is 1. The molecule has 0 spiro atoms. The Morgan fingerprint density at radius 2 is 2.12 bits per heavy atom. The van der Waals surface area contributed by atoms with Crippen LogP contribution >= 0.6 is 11.3 Å². The third-order valence-electron chi connectivity index (χ3n) is 4.69. The van der Waals surface area contributed by atoms with Crippen molar-refractivity contribution in [2.75, 3.05) is 33.3 Å². The van der Waals surface area contributed by atoms with Crippen molar-refractivity contribution in [1.29, 1.82) is 0 Å². The minimum Gasteiger partial charge on any atom is -0.492 e. The van der Waals surface area contributed by atoms with Gasteiger partial charge in [-0.1, -0.05) is 25.1 Å². The zero-order chi connectivity index (χ0) is 17.6. The van der Waals surface area contributed by atoms with Gasteiger partial charge >= 0.3 is 0 Å². The van der Waals surface area contributed by atoms with Gasteiger partial charge in [-0.2, -0.15) is 0 Å². The van der Waals surface area contributed by atoms with E-state index in [1.54, 1.807) is 0 Å². The van der Waals surface area contributed by atoms with Crippen molar-refractivity contribution in [3.05, 3.63) is 52.2 Å². The summed E-state index contributed by atoms with van der Waals surface area (Å²) in [7, 11) is 1.98. The van der Waals surface area contributed by atoms with E-state index in [0.29, 0.717) is 13.2 Å². The molecule has 1 aromatic heterocycles. The van der Waals surface area contributed by atoms with Gasteiger partial charge in [0.05, 0.1) is 12.6 Å². The zero-order valence-electron chi connectivity index (χ0n) is 15.0. The van der Waals surface area contributed by atoms with E-state index in [1.807, 2.05) is 53.6 Å². The summed E-state index contributed by atoms with van der Waals surface area (Å²) in [6.45, 7) is 4.75. The van der Waals surface area contributed by atoms with Crippen molar-refractivity contribution >= 4 is 17.2 Å². The summed E-state index contributed by atoms with van der Waals surface area (Å²) < 4.78 is 5.72. The molecule has 2 heterocycles. The Kier molecular flexibility index (Phi) is 6.10. The number of likely N-dealkylation sites (N-methyl/N-ethyl adjacent to an activating group) is 1. The van der Waals surface area contributed by atoms with Crippen molar-refractivity contribution < 1.29 is 9.53 Å². The van der Waals surface area contributed by atoms with Crippen LogP contribution in [0.15, 0.2) is 41.8 Å². The maximum Gasteiger partial charge on any atom is 0.237 e. The second-order valence-corrected chi connectivity index (χ2v) is 7.46. The van der Waals surface area contributed by atoms with E-state index in [9.17, 15) is 4.79 Å². The molecule has 1 aromatic carbocycles. The predicted octanol–water partition coefficient (Wildman–Crippen LogP) is 3.59. The highest BCUT2D eigenvalue weighted by atomic mass is 32.1. The first-order chi connectivity index (χ1) is 12.2. The third-order valence-corrected chi connectivity index (χ3v) is 5.69. The van der Waals surface area contributed by atoms with Gasteiger partial charge in [0.1, 0.15) is 12.4 Å². The van der Waals surface area contributed by atoms with Gasteiger partial charge in [0.2, 0.25) is 5.91 Å². The number of benzene rings is 1. The fraction of sp³-hybridized carbons (Fsp3) is 0.450. The van der Waals surface area contributed by atoms with Gasteiger partial charge < -0.3 is 9.64 Å². The summed E-state index contributed by atoms with van der Waals surface area (Å²) in [5, 5.41) is 2.15. The summed E-state index contributed by atoms with van der Waals surface area (Å²) in [6.07, 6.45) is 1.95. The van der Waals surface area contributed by atoms with E-state index in [1.165, 1.54) is 10.4 Å². The van der Waals surface area contributed by atoms with E-state index >= 15 is 0 Å². The molecule has 1 aliphatic heterocycles. The van der Waals surface area contributed by atoms with E-state index in [-0.39, 0.29) is 11.9 Å². The second kappa shape index (κ2) is 8.50. The number of hydrogen-bond donors (Lipinski definition) is 0. The number of nitrogens with zero attached hydrogens (tertiary/aromatic N) is 2. The minimum absolute atomic E-state index is 0.214. The lowest BCUT2D eigenvalue weighted by atomic mass is 9.98. The molecule has 0 fully saturated rings. The number of carbonyl (C=O) groups is 1. The molecule has 0 radical (unpaired) electrons. The zero-order valence-corrected chi connectivity index (χ0v) is 15.8. The highest BCUT2D eigenvalue weighted by Crippen LogP contribution is 2.35. The highest BCUT2D eigenvalue weighted by Gasteiger charge is 2.30. The van der Waals surface area contributed by atoms with Crippen molar-refractivity contribution in [3.8, 4) is 5.75 Å². The SMILES string of the molecule is CCC1c2ccsc2CCN1C(=O)CN(C)CCOc1ccccc1. The van der Waals surface area contributed by atoms with Crippen LogP contribution in [0, 0.1) is 0 Å². The maximum atomic E-state index is 12.8. The molecule has 4 nitrogen and oxygen atoms in total. The molecule has 25 heavy (non-hydrogen) atoms. The van der Waals surface area contributed by atoms with Crippen LogP contribution in [0.2, 0.25) is 0 Å². The second-order valence-electron chi connectivity index (χ2n) is 6.46. The lowest BCUT2D eigenvalue weighted by molar-refractivity contribution is -0.135. The predicted molar refractivity (Wildman–Crippen MR) is 102 cm³/mol. The Morgan fingerprint density at radius 3 is 2.88 bits per heavy atom. The topological polar surface area (TPSA) is 32.8 Å². The molecule has 3 rings (SSSR count). The molecule has 1 amide bonds. The molecule has 0 saturated carbocycles. The van der Waals surface area contributed by atoms with Crippen LogP contribution in [0.1, 0.15) is 29.8 Å². The number of hydrogen-bond acceptors (Lipinski definition) is 4. The molecular formula is C20H26N2O2S. The van der Waals surface area contributed by atoms with Crippen molar-refractivity contribution in [2.24, 2.45) is 0 Å². The monoisotopic (exact) mass is 358 g/mol. The highest BCUT2D eigenvalue weighted by molar-refractivity contribution is 7.10. The lowest BCUT2D eigenvalue weighted by Crippen LogP contribution is -2.44.